The quantitative estimate of drug-likeness (QED) is 0.0262. The summed E-state index contributed by atoms with van der Waals surface area (Å²) < 4.78 is 16.7. The van der Waals surface area contributed by atoms with Crippen molar-refractivity contribution in [2.45, 2.75) is 252 Å². The van der Waals surface area contributed by atoms with Gasteiger partial charge in [-0.3, -0.25) is 14.4 Å². The number of carbonyl (C=O) groups is 3. The van der Waals surface area contributed by atoms with Crippen LogP contribution in [0.25, 0.3) is 0 Å². The standard InChI is InChI=1S/C60H100O6/c1-4-7-10-13-16-19-21-23-25-27-29-30-32-33-35-37-39-41-44-47-50-53-59(62)65-56-57(55-64-58(61)52-49-46-43-18-15-12-9-6-3)66-60(63)54-51-48-45-42-40-38-36-34-31-28-26-24-22-20-17-14-11-8-5-2/h8,11,17,20-21,23-24,26-27,29,31,34,38,40,45,48,57H,4-7,9-10,12-16,18-19,22,25,28,30,32-33,35-37,39,41-44,46-47,49-56H2,1-3H3/b11-8-,20-17-,23-21-,26-24-,29-27-,34-31-,40-38-,48-45-. The fourth-order valence-electron chi connectivity index (χ4n) is 7.26. The molecule has 0 amide bonds. The molecule has 6 heteroatoms. The average Bonchev–Trinajstić information content (AvgIpc) is 3.31. The van der Waals surface area contributed by atoms with E-state index in [1.54, 1.807) is 0 Å². The van der Waals surface area contributed by atoms with Gasteiger partial charge in [0.05, 0.1) is 0 Å². The van der Waals surface area contributed by atoms with Gasteiger partial charge in [-0.15, -0.1) is 0 Å². The van der Waals surface area contributed by atoms with Crippen molar-refractivity contribution in [3.8, 4) is 0 Å². The van der Waals surface area contributed by atoms with Crippen molar-refractivity contribution in [3.63, 3.8) is 0 Å². The second-order valence-corrected chi connectivity index (χ2v) is 17.8. The van der Waals surface area contributed by atoms with Gasteiger partial charge in [0, 0.05) is 19.3 Å². The lowest BCUT2D eigenvalue weighted by molar-refractivity contribution is -0.166. The van der Waals surface area contributed by atoms with Gasteiger partial charge in [-0.05, 0) is 89.9 Å². The number of carbonyl (C=O) groups excluding carboxylic acids is 3. The van der Waals surface area contributed by atoms with Gasteiger partial charge >= 0.3 is 17.9 Å². The fourth-order valence-corrected chi connectivity index (χ4v) is 7.26. The van der Waals surface area contributed by atoms with Crippen LogP contribution in [0.15, 0.2) is 97.2 Å². The molecule has 0 saturated carbocycles. The van der Waals surface area contributed by atoms with Gasteiger partial charge in [-0.1, -0.05) is 234 Å². The fraction of sp³-hybridized carbons (Fsp3) is 0.683. The van der Waals surface area contributed by atoms with E-state index in [2.05, 4.69) is 106 Å². The topological polar surface area (TPSA) is 78.9 Å². The molecule has 0 rings (SSSR count). The van der Waals surface area contributed by atoms with Crippen molar-refractivity contribution in [1.29, 1.82) is 0 Å². The molecule has 0 aromatic rings. The largest absolute Gasteiger partial charge is 0.462 e. The number of rotatable bonds is 48. The van der Waals surface area contributed by atoms with E-state index in [9.17, 15) is 14.4 Å². The summed E-state index contributed by atoms with van der Waals surface area (Å²) in [7, 11) is 0. The number of allylic oxidation sites excluding steroid dienone is 16. The van der Waals surface area contributed by atoms with Crippen LogP contribution in [-0.2, 0) is 28.6 Å². The maximum atomic E-state index is 12.8. The molecule has 0 fully saturated rings. The Morgan fingerprint density at radius 2 is 0.621 bits per heavy atom. The van der Waals surface area contributed by atoms with Gasteiger partial charge in [0.1, 0.15) is 13.2 Å². The van der Waals surface area contributed by atoms with Crippen molar-refractivity contribution in [2.75, 3.05) is 13.2 Å². The number of ether oxygens (including phenoxy) is 3. The van der Waals surface area contributed by atoms with Crippen molar-refractivity contribution in [2.24, 2.45) is 0 Å². The summed E-state index contributed by atoms with van der Waals surface area (Å²) in [5, 5.41) is 0. The second-order valence-electron chi connectivity index (χ2n) is 17.8. The normalized spacial score (nSPS) is 12.8. The highest BCUT2D eigenvalue weighted by molar-refractivity contribution is 5.71. The molecule has 66 heavy (non-hydrogen) atoms. The van der Waals surface area contributed by atoms with E-state index in [-0.39, 0.29) is 31.6 Å². The molecule has 0 aliphatic rings. The van der Waals surface area contributed by atoms with E-state index in [1.807, 2.05) is 12.2 Å². The molecule has 0 heterocycles. The van der Waals surface area contributed by atoms with Gasteiger partial charge in [0.2, 0.25) is 0 Å². The Morgan fingerprint density at radius 1 is 0.318 bits per heavy atom. The SMILES string of the molecule is CC/C=C\C/C=C\C/C=C\C/C=C\C/C=C\C/C=C\CCC(=O)OC(COC(=O)CCCCCCCCCC)COC(=O)CCCCCCCCCCC/C=C\C/C=C\CCCCCCC. The van der Waals surface area contributed by atoms with E-state index in [4.69, 9.17) is 14.2 Å². The highest BCUT2D eigenvalue weighted by atomic mass is 16.6. The lowest BCUT2D eigenvalue weighted by Crippen LogP contribution is -2.30. The minimum absolute atomic E-state index is 0.109. The average molecular weight is 917 g/mol. The van der Waals surface area contributed by atoms with Crippen molar-refractivity contribution >= 4 is 17.9 Å². The first-order valence-electron chi connectivity index (χ1n) is 27.2. The molecule has 0 bridgehead atoms. The molecule has 0 radical (unpaired) electrons. The van der Waals surface area contributed by atoms with Crippen LogP contribution >= 0.6 is 0 Å². The summed E-state index contributed by atoms with van der Waals surface area (Å²) in [6, 6.07) is 0. The van der Waals surface area contributed by atoms with Gasteiger partial charge in [-0.25, -0.2) is 0 Å². The Labute approximate surface area is 407 Å². The summed E-state index contributed by atoms with van der Waals surface area (Å²) in [5.41, 5.74) is 0. The Kier molecular flexibility index (Phi) is 50.9. The third-order valence-electron chi connectivity index (χ3n) is 11.3. The highest BCUT2D eigenvalue weighted by Gasteiger charge is 2.19. The molecule has 376 valence electrons. The molecule has 0 aromatic heterocycles. The second kappa shape index (κ2) is 53.9. The van der Waals surface area contributed by atoms with Crippen LogP contribution in [0.4, 0.5) is 0 Å². The number of hydrogen-bond acceptors (Lipinski definition) is 6. The third kappa shape index (κ3) is 51.3. The number of hydrogen-bond donors (Lipinski definition) is 0. The van der Waals surface area contributed by atoms with Gasteiger partial charge in [-0.2, -0.15) is 0 Å². The maximum Gasteiger partial charge on any atom is 0.306 e. The number of unbranched alkanes of at least 4 members (excludes halogenated alkanes) is 21. The first kappa shape index (κ1) is 62.3. The van der Waals surface area contributed by atoms with E-state index in [0.717, 1.165) is 83.5 Å². The number of esters is 3. The zero-order valence-corrected chi connectivity index (χ0v) is 42.9. The van der Waals surface area contributed by atoms with Crippen LogP contribution in [0.3, 0.4) is 0 Å². The van der Waals surface area contributed by atoms with Crippen LogP contribution in [0.1, 0.15) is 245 Å². The molecular formula is C60H100O6. The lowest BCUT2D eigenvalue weighted by atomic mass is 10.1. The van der Waals surface area contributed by atoms with Crippen molar-refractivity contribution in [3.05, 3.63) is 97.2 Å². The van der Waals surface area contributed by atoms with Crippen molar-refractivity contribution < 1.29 is 28.6 Å². The summed E-state index contributed by atoms with van der Waals surface area (Å²) in [4.78, 5) is 37.9. The van der Waals surface area contributed by atoms with Gasteiger partial charge in [0.25, 0.3) is 0 Å². The molecule has 0 aliphatic carbocycles. The first-order chi connectivity index (χ1) is 32.5. The highest BCUT2D eigenvalue weighted by Crippen LogP contribution is 2.14. The third-order valence-corrected chi connectivity index (χ3v) is 11.3. The van der Waals surface area contributed by atoms with Crippen LogP contribution in [0.2, 0.25) is 0 Å². The Hall–Kier alpha value is -3.67. The first-order valence-corrected chi connectivity index (χ1v) is 27.2. The Morgan fingerprint density at radius 3 is 0.985 bits per heavy atom. The van der Waals surface area contributed by atoms with E-state index in [1.165, 1.54) is 116 Å². The molecule has 0 saturated heterocycles. The zero-order valence-electron chi connectivity index (χ0n) is 42.9. The van der Waals surface area contributed by atoms with Crippen LogP contribution in [0, 0.1) is 0 Å². The predicted molar refractivity (Wildman–Crippen MR) is 284 cm³/mol. The van der Waals surface area contributed by atoms with E-state index >= 15 is 0 Å². The molecule has 0 aromatic carbocycles. The molecule has 1 unspecified atom stereocenters. The predicted octanol–water partition coefficient (Wildman–Crippen LogP) is 18.1. The van der Waals surface area contributed by atoms with Crippen molar-refractivity contribution in [1.82, 2.24) is 0 Å². The van der Waals surface area contributed by atoms with Crippen LogP contribution in [0.5, 0.6) is 0 Å². The molecule has 0 spiro atoms. The smallest absolute Gasteiger partial charge is 0.306 e. The van der Waals surface area contributed by atoms with Gasteiger partial charge in [0.15, 0.2) is 6.10 Å². The summed E-state index contributed by atoms with van der Waals surface area (Å²) in [5.74, 6) is -1.00. The summed E-state index contributed by atoms with van der Waals surface area (Å²) in [6.45, 7) is 6.42. The molecule has 1 atom stereocenters. The Balaban J connectivity index is 4.38. The van der Waals surface area contributed by atoms with Crippen LogP contribution in [-0.4, -0.2) is 37.2 Å². The summed E-state index contributed by atoms with van der Waals surface area (Å²) >= 11 is 0. The van der Waals surface area contributed by atoms with Gasteiger partial charge < -0.3 is 14.2 Å². The maximum absolute atomic E-state index is 12.8. The Bertz CT molecular complexity index is 1330. The molecule has 6 nitrogen and oxygen atoms in total. The minimum Gasteiger partial charge on any atom is -0.462 e. The van der Waals surface area contributed by atoms with E-state index < -0.39 is 12.1 Å². The lowest BCUT2D eigenvalue weighted by Gasteiger charge is -2.18. The van der Waals surface area contributed by atoms with Crippen LogP contribution < -0.4 is 0 Å². The monoisotopic (exact) mass is 917 g/mol. The molecule has 0 aliphatic heterocycles. The summed E-state index contributed by atoms with van der Waals surface area (Å²) in [6.07, 6.45) is 71.3. The minimum atomic E-state index is -0.817. The molecule has 0 N–H and O–H groups in total. The van der Waals surface area contributed by atoms with E-state index in [0.29, 0.717) is 19.3 Å². The zero-order chi connectivity index (χ0) is 47.9. The molecular weight excluding hydrogens is 817 g/mol.